The summed E-state index contributed by atoms with van der Waals surface area (Å²) in [5, 5.41) is 12.1. The van der Waals surface area contributed by atoms with Crippen LogP contribution in [0.4, 0.5) is 10.5 Å². The van der Waals surface area contributed by atoms with E-state index in [1.807, 2.05) is 31.2 Å². The number of aryl methyl sites for hydroxylation is 1. The Kier molecular flexibility index (Phi) is 8.07. The number of carbonyl (C=O) groups is 3. The van der Waals surface area contributed by atoms with Crippen molar-refractivity contribution in [1.29, 1.82) is 0 Å². The highest BCUT2D eigenvalue weighted by Crippen LogP contribution is 2.16. The van der Waals surface area contributed by atoms with Crippen LogP contribution in [0.2, 0.25) is 0 Å². The van der Waals surface area contributed by atoms with Crippen LogP contribution < -0.4 is 10.2 Å². The Morgan fingerprint density at radius 2 is 1.71 bits per heavy atom. The first-order chi connectivity index (χ1) is 13.4. The number of benzene rings is 2. The van der Waals surface area contributed by atoms with Gasteiger partial charge in [0.05, 0.1) is 0 Å². The third-order valence-electron chi connectivity index (χ3n) is 4.15. The smallest absolute Gasteiger partial charge is 0.323 e. The second-order valence-corrected chi connectivity index (χ2v) is 7.59. The third-order valence-corrected chi connectivity index (χ3v) is 5.12. The van der Waals surface area contributed by atoms with E-state index in [9.17, 15) is 19.5 Å². The lowest BCUT2D eigenvalue weighted by Gasteiger charge is -2.26. The van der Waals surface area contributed by atoms with Gasteiger partial charge in [-0.3, -0.25) is 14.5 Å². The molecule has 0 fully saturated rings. The van der Waals surface area contributed by atoms with Crippen LogP contribution in [0.15, 0.2) is 54.6 Å². The van der Waals surface area contributed by atoms with Crippen LogP contribution in [0.25, 0.3) is 0 Å². The van der Waals surface area contributed by atoms with E-state index in [-0.39, 0.29) is 11.2 Å². The van der Waals surface area contributed by atoms with Gasteiger partial charge in [0.15, 0.2) is 5.12 Å². The van der Waals surface area contributed by atoms with Gasteiger partial charge < -0.3 is 10.4 Å². The summed E-state index contributed by atoms with van der Waals surface area (Å²) in [6.07, 6.45) is 0.550. The van der Waals surface area contributed by atoms with Crippen molar-refractivity contribution in [3.63, 3.8) is 0 Å². The topological polar surface area (TPSA) is 86.7 Å². The van der Waals surface area contributed by atoms with Crippen LogP contribution in [-0.2, 0) is 16.0 Å². The molecule has 0 aliphatic rings. The summed E-state index contributed by atoms with van der Waals surface area (Å²) in [5.41, 5.74) is 2.66. The van der Waals surface area contributed by atoms with Crippen molar-refractivity contribution in [3.05, 3.63) is 65.7 Å². The first-order valence-electron chi connectivity index (χ1n) is 8.89. The minimum absolute atomic E-state index is 0.0329. The molecule has 2 rings (SSSR count). The molecule has 2 amide bonds. The van der Waals surface area contributed by atoms with Gasteiger partial charge >= 0.3 is 12.0 Å². The molecule has 0 saturated carbocycles. The molecule has 0 bridgehead atoms. The van der Waals surface area contributed by atoms with Gasteiger partial charge in [0.25, 0.3) is 0 Å². The molecule has 0 aliphatic heterocycles. The Labute approximate surface area is 168 Å². The standard InChI is InChI=1S/C21H24N2O4S/c1-15-8-6-7-9-17(15)12-18(14-28-16(2)24)22-21(27)23(13-20(25)26)19-10-4-3-5-11-19/h3-11,18H,12-14H2,1-2H3,(H,22,27)(H,25,26)/t18-/m1/s1. The highest BCUT2D eigenvalue weighted by atomic mass is 32.2. The van der Waals surface area contributed by atoms with Crippen LogP contribution in [0.5, 0.6) is 0 Å². The molecule has 0 aromatic heterocycles. The summed E-state index contributed by atoms with van der Waals surface area (Å²) in [4.78, 5) is 36.7. The lowest BCUT2D eigenvalue weighted by Crippen LogP contribution is -2.48. The maximum absolute atomic E-state index is 12.9. The molecule has 28 heavy (non-hydrogen) atoms. The van der Waals surface area contributed by atoms with Gasteiger partial charge in [0.2, 0.25) is 0 Å². The molecule has 0 aliphatic carbocycles. The zero-order chi connectivity index (χ0) is 20.5. The van der Waals surface area contributed by atoms with E-state index in [1.54, 1.807) is 30.3 Å². The monoisotopic (exact) mass is 400 g/mol. The van der Waals surface area contributed by atoms with Gasteiger partial charge in [0, 0.05) is 24.4 Å². The van der Waals surface area contributed by atoms with Gasteiger partial charge in [-0.05, 0) is 36.6 Å². The lowest BCUT2D eigenvalue weighted by molar-refractivity contribution is -0.135. The number of anilines is 1. The Hall–Kier alpha value is -2.80. The van der Waals surface area contributed by atoms with E-state index >= 15 is 0 Å². The zero-order valence-electron chi connectivity index (χ0n) is 15.9. The van der Waals surface area contributed by atoms with Crippen molar-refractivity contribution in [3.8, 4) is 0 Å². The van der Waals surface area contributed by atoms with E-state index in [0.717, 1.165) is 22.9 Å². The van der Waals surface area contributed by atoms with Crippen LogP contribution >= 0.6 is 11.8 Å². The number of urea groups is 1. The quantitative estimate of drug-likeness (QED) is 0.708. The number of hydrogen-bond acceptors (Lipinski definition) is 4. The number of nitrogens with one attached hydrogen (secondary N) is 1. The summed E-state index contributed by atoms with van der Waals surface area (Å²) in [6, 6.07) is 15.7. The van der Waals surface area contributed by atoms with Gasteiger partial charge in [-0.1, -0.05) is 54.2 Å². The Morgan fingerprint density at radius 1 is 1.07 bits per heavy atom. The van der Waals surface area contributed by atoms with Crippen LogP contribution in [0, 0.1) is 6.92 Å². The fourth-order valence-electron chi connectivity index (χ4n) is 2.75. The van der Waals surface area contributed by atoms with Crippen LogP contribution in [-0.4, -0.2) is 40.6 Å². The molecule has 0 spiro atoms. The molecule has 7 heteroatoms. The van der Waals surface area contributed by atoms with E-state index in [0.29, 0.717) is 17.9 Å². The number of nitrogens with zero attached hydrogens (tertiary/aromatic N) is 1. The molecule has 0 heterocycles. The minimum Gasteiger partial charge on any atom is -0.480 e. The Morgan fingerprint density at radius 3 is 2.32 bits per heavy atom. The van der Waals surface area contributed by atoms with Crippen molar-refractivity contribution in [2.75, 3.05) is 17.2 Å². The average molecular weight is 401 g/mol. The van der Waals surface area contributed by atoms with Crippen molar-refractivity contribution in [1.82, 2.24) is 5.32 Å². The number of carbonyl (C=O) groups excluding carboxylic acids is 2. The highest BCUT2D eigenvalue weighted by molar-refractivity contribution is 8.13. The van der Waals surface area contributed by atoms with Gasteiger partial charge in [-0.15, -0.1) is 0 Å². The summed E-state index contributed by atoms with van der Waals surface area (Å²) in [7, 11) is 0. The molecule has 0 unspecified atom stereocenters. The second-order valence-electron chi connectivity index (χ2n) is 6.40. The van der Waals surface area contributed by atoms with Crippen molar-refractivity contribution in [2.24, 2.45) is 0 Å². The maximum Gasteiger partial charge on any atom is 0.323 e. The van der Waals surface area contributed by atoms with E-state index in [1.165, 1.54) is 11.8 Å². The number of rotatable bonds is 8. The second kappa shape index (κ2) is 10.5. The average Bonchev–Trinajstić information content (AvgIpc) is 2.66. The predicted octanol–water partition coefficient (Wildman–Crippen LogP) is 3.49. The maximum atomic E-state index is 12.9. The molecule has 148 valence electrons. The summed E-state index contributed by atoms with van der Waals surface area (Å²) in [6.45, 7) is 3.03. The lowest BCUT2D eigenvalue weighted by atomic mass is 10.0. The molecular weight excluding hydrogens is 376 g/mol. The first kappa shape index (κ1) is 21.5. The number of para-hydroxylation sites is 1. The molecule has 2 aromatic carbocycles. The van der Waals surface area contributed by atoms with E-state index in [4.69, 9.17) is 0 Å². The molecular formula is C21H24N2O4S. The third kappa shape index (κ3) is 6.74. The normalized spacial score (nSPS) is 11.5. The first-order valence-corrected chi connectivity index (χ1v) is 9.88. The molecule has 0 saturated heterocycles. The number of carboxylic acids is 1. The van der Waals surface area contributed by atoms with E-state index < -0.39 is 18.5 Å². The zero-order valence-corrected chi connectivity index (χ0v) is 16.7. The number of thioether (sulfide) groups is 1. The molecule has 6 nitrogen and oxygen atoms in total. The van der Waals surface area contributed by atoms with Crippen molar-refractivity contribution in [2.45, 2.75) is 26.3 Å². The fraction of sp³-hybridized carbons (Fsp3) is 0.286. The number of aliphatic carboxylic acids is 1. The largest absolute Gasteiger partial charge is 0.480 e. The van der Waals surface area contributed by atoms with Gasteiger partial charge in [-0.25, -0.2) is 4.79 Å². The van der Waals surface area contributed by atoms with Crippen LogP contribution in [0.1, 0.15) is 18.1 Å². The Bertz CT molecular complexity index is 826. The predicted molar refractivity (Wildman–Crippen MR) is 112 cm³/mol. The molecule has 2 N–H and O–H groups in total. The van der Waals surface area contributed by atoms with Crippen molar-refractivity contribution >= 4 is 34.6 Å². The highest BCUT2D eigenvalue weighted by Gasteiger charge is 2.22. The van der Waals surface area contributed by atoms with Gasteiger partial charge in [-0.2, -0.15) is 0 Å². The van der Waals surface area contributed by atoms with Crippen molar-refractivity contribution < 1.29 is 19.5 Å². The number of amides is 2. The van der Waals surface area contributed by atoms with Gasteiger partial charge in [0.1, 0.15) is 6.54 Å². The fourth-order valence-corrected chi connectivity index (χ4v) is 3.39. The molecule has 0 radical (unpaired) electrons. The molecule has 2 aromatic rings. The summed E-state index contributed by atoms with van der Waals surface area (Å²) >= 11 is 1.14. The summed E-state index contributed by atoms with van der Waals surface area (Å²) < 4.78 is 0. The number of hydrogen-bond donors (Lipinski definition) is 2. The van der Waals surface area contributed by atoms with E-state index in [2.05, 4.69) is 5.32 Å². The SMILES string of the molecule is CC(=O)SC[C@@H](Cc1ccccc1C)NC(=O)N(CC(=O)O)c1ccccc1. The summed E-state index contributed by atoms with van der Waals surface area (Å²) in [5.74, 6) is -0.696. The number of carboxylic acid groups (broad SMARTS) is 1. The Balaban J connectivity index is 2.19. The molecule has 1 atom stereocenters. The minimum atomic E-state index is -1.10. The van der Waals surface area contributed by atoms with Crippen LogP contribution in [0.3, 0.4) is 0 Å².